The van der Waals surface area contributed by atoms with Gasteiger partial charge in [0.15, 0.2) is 17.0 Å². The van der Waals surface area contributed by atoms with E-state index in [2.05, 4.69) is 37.0 Å². The zero-order chi connectivity index (χ0) is 11.1. The Kier molecular flexibility index (Phi) is 2.37. The maximum absolute atomic E-state index is 5.31. The maximum Gasteiger partial charge on any atom is 0.181 e. The summed E-state index contributed by atoms with van der Waals surface area (Å²) in [5.74, 6) is 0.698. The summed E-state index contributed by atoms with van der Waals surface area (Å²) in [5.41, 5.74) is 1.43. The molecular formula is C11H5Br2NO2. The van der Waals surface area contributed by atoms with E-state index in [9.17, 15) is 0 Å². The van der Waals surface area contributed by atoms with Crippen molar-refractivity contribution in [3.63, 3.8) is 0 Å². The minimum absolute atomic E-state index is 0.698. The molecule has 3 nitrogen and oxygen atoms in total. The van der Waals surface area contributed by atoms with Crippen molar-refractivity contribution in [1.82, 2.24) is 5.16 Å². The van der Waals surface area contributed by atoms with Crippen molar-refractivity contribution in [2.45, 2.75) is 0 Å². The summed E-state index contributed by atoms with van der Waals surface area (Å²) in [7, 11) is 0. The molecule has 2 aromatic heterocycles. The van der Waals surface area contributed by atoms with Crippen LogP contribution >= 0.6 is 31.9 Å². The summed E-state index contributed by atoms with van der Waals surface area (Å²) in [5, 5.41) is 4.93. The van der Waals surface area contributed by atoms with Gasteiger partial charge in [0, 0.05) is 4.47 Å². The molecule has 0 amide bonds. The average Bonchev–Trinajstić information content (AvgIpc) is 2.83. The lowest BCUT2D eigenvalue weighted by Crippen LogP contribution is -1.74. The van der Waals surface area contributed by atoms with Gasteiger partial charge < -0.3 is 8.94 Å². The van der Waals surface area contributed by atoms with Crippen LogP contribution in [0.4, 0.5) is 0 Å². The number of furan rings is 1. The zero-order valence-corrected chi connectivity index (χ0v) is 11.1. The lowest BCUT2D eigenvalue weighted by molar-refractivity contribution is 0.453. The first-order valence-corrected chi connectivity index (χ1v) is 6.12. The normalized spacial score (nSPS) is 11.1. The molecular weight excluding hydrogens is 338 g/mol. The number of rotatable bonds is 1. The maximum atomic E-state index is 5.31. The Morgan fingerprint density at radius 1 is 1.19 bits per heavy atom. The van der Waals surface area contributed by atoms with Crippen molar-refractivity contribution in [1.29, 1.82) is 0 Å². The highest BCUT2D eigenvalue weighted by Gasteiger charge is 2.15. The van der Waals surface area contributed by atoms with Gasteiger partial charge in [0.05, 0.1) is 16.1 Å². The zero-order valence-electron chi connectivity index (χ0n) is 7.91. The Morgan fingerprint density at radius 3 is 2.81 bits per heavy atom. The number of benzene rings is 1. The van der Waals surface area contributed by atoms with Gasteiger partial charge in [0.25, 0.3) is 0 Å². The number of fused-ring (bicyclic) bond motifs is 1. The highest BCUT2D eigenvalue weighted by atomic mass is 79.9. The lowest BCUT2D eigenvalue weighted by atomic mass is 10.2. The van der Waals surface area contributed by atoms with E-state index >= 15 is 0 Å². The minimum Gasteiger partial charge on any atom is -0.463 e. The number of hydrogen-bond donors (Lipinski definition) is 0. The van der Waals surface area contributed by atoms with E-state index in [0.29, 0.717) is 11.5 Å². The van der Waals surface area contributed by atoms with Crippen LogP contribution in [0.2, 0.25) is 0 Å². The van der Waals surface area contributed by atoms with Crippen molar-refractivity contribution >= 4 is 42.8 Å². The molecule has 0 saturated heterocycles. The fraction of sp³-hybridized carbons (Fsp3) is 0. The van der Waals surface area contributed by atoms with E-state index in [1.807, 2.05) is 24.3 Å². The van der Waals surface area contributed by atoms with Crippen LogP contribution in [-0.4, -0.2) is 5.16 Å². The van der Waals surface area contributed by atoms with Gasteiger partial charge in [-0.05, 0) is 40.2 Å². The van der Waals surface area contributed by atoms with E-state index in [-0.39, 0.29) is 0 Å². The summed E-state index contributed by atoms with van der Waals surface area (Å²) in [6.07, 6.45) is 1.61. The molecule has 5 heteroatoms. The molecule has 0 atom stereocenters. The summed E-state index contributed by atoms with van der Waals surface area (Å²) in [6, 6.07) is 7.54. The third kappa shape index (κ3) is 1.51. The second-order valence-corrected chi connectivity index (χ2v) is 5.04. The molecule has 0 radical (unpaired) electrons. The van der Waals surface area contributed by atoms with Gasteiger partial charge in [-0.1, -0.05) is 21.1 Å². The SMILES string of the molecule is Brc1cc(Br)c2onc(-c3ccco3)c2c1. The topological polar surface area (TPSA) is 39.2 Å². The molecule has 3 aromatic rings. The molecule has 80 valence electrons. The Balaban J connectivity index is 2.35. The molecule has 16 heavy (non-hydrogen) atoms. The van der Waals surface area contributed by atoms with E-state index in [1.54, 1.807) is 6.26 Å². The summed E-state index contributed by atoms with van der Waals surface area (Å²) < 4.78 is 12.4. The smallest absolute Gasteiger partial charge is 0.181 e. The Labute approximate surface area is 108 Å². The fourth-order valence-corrected chi connectivity index (χ4v) is 2.86. The predicted molar refractivity (Wildman–Crippen MR) is 67.1 cm³/mol. The van der Waals surface area contributed by atoms with Crippen molar-refractivity contribution in [2.24, 2.45) is 0 Å². The van der Waals surface area contributed by atoms with Crippen molar-refractivity contribution in [3.05, 3.63) is 39.5 Å². The average molecular weight is 343 g/mol. The quantitative estimate of drug-likeness (QED) is 0.648. The van der Waals surface area contributed by atoms with Gasteiger partial charge in [-0.2, -0.15) is 0 Å². The summed E-state index contributed by atoms with van der Waals surface area (Å²) in [4.78, 5) is 0. The van der Waals surface area contributed by atoms with Crippen molar-refractivity contribution in [2.75, 3.05) is 0 Å². The summed E-state index contributed by atoms with van der Waals surface area (Å²) >= 11 is 6.87. The molecule has 1 aromatic carbocycles. The van der Waals surface area contributed by atoms with Crippen LogP contribution < -0.4 is 0 Å². The fourth-order valence-electron chi connectivity index (χ4n) is 1.56. The second kappa shape index (κ2) is 3.75. The first-order chi connectivity index (χ1) is 7.75. The van der Waals surface area contributed by atoms with E-state index in [1.165, 1.54) is 0 Å². The van der Waals surface area contributed by atoms with Gasteiger partial charge in [-0.25, -0.2) is 0 Å². The molecule has 3 rings (SSSR count). The molecule has 0 unspecified atom stereocenters. The number of hydrogen-bond acceptors (Lipinski definition) is 3. The van der Waals surface area contributed by atoms with Crippen LogP contribution in [0.25, 0.3) is 22.4 Å². The molecule has 0 aliphatic heterocycles. The number of aromatic nitrogens is 1. The Bertz CT molecular complexity index is 643. The van der Waals surface area contributed by atoms with Gasteiger partial charge in [-0.15, -0.1) is 0 Å². The molecule has 0 aliphatic carbocycles. The minimum atomic E-state index is 0.698. The third-order valence-corrected chi connectivity index (χ3v) is 3.29. The Hall–Kier alpha value is -1.07. The Morgan fingerprint density at radius 2 is 2.06 bits per heavy atom. The van der Waals surface area contributed by atoms with Crippen LogP contribution in [0.15, 0.2) is 48.4 Å². The first kappa shape index (κ1) is 10.1. The molecule has 0 fully saturated rings. The molecule has 0 spiro atoms. The highest BCUT2D eigenvalue weighted by Crippen LogP contribution is 2.34. The van der Waals surface area contributed by atoms with Gasteiger partial charge in [-0.3, -0.25) is 0 Å². The van der Waals surface area contributed by atoms with Crippen LogP contribution in [-0.2, 0) is 0 Å². The number of halogens is 2. The van der Waals surface area contributed by atoms with Crippen molar-refractivity contribution < 1.29 is 8.94 Å². The molecule has 0 saturated carbocycles. The number of nitrogens with zero attached hydrogens (tertiary/aromatic N) is 1. The standard InChI is InChI=1S/C11H5Br2NO2/c12-6-4-7-10(9-2-1-3-15-9)14-16-11(7)8(13)5-6/h1-5H. The molecule has 0 N–H and O–H groups in total. The molecule has 0 aliphatic rings. The van der Waals surface area contributed by atoms with Crippen molar-refractivity contribution in [3.8, 4) is 11.5 Å². The second-order valence-electron chi connectivity index (χ2n) is 3.27. The predicted octanol–water partition coefficient (Wildman–Crippen LogP) is 4.61. The van der Waals surface area contributed by atoms with Crippen LogP contribution in [0.1, 0.15) is 0 Å². The van der Waals surface area contributed by atoms with Gasteiger partial charge >= 0.3 is 0 Å². The largest absolute Gasteiger partial charge is 0.463 e. The summed E-state index contributed by atoms with van der Waals surface area (Å²) in [6.45, 7) is 0. The van der Waals surface area contributed by atoms with E-state index in [4.69, 9.17) is 8.94 Å². The van der Waals surface area contributed by atoms with Gasteiger partial charge in [0.1, 0.15) is 0 Å². The van der Waals surface area contributed by atoms with Crippen LogP contribution in [0, 0.1) is 0 Å². The first-order valence-electron chi connectivity index (χ1n) is 4.54. The van der Waals surface area contributed by atoms with Crippen LogP contribution in [0.3, 0.4) is 0 Å². The lowest BCUT2D eigenvalue weighted by Gasteiger charge is -1.94. The highest BCUT2D eigenvalue weighted by molar-refractivity contribution is 9.11. The van der Waals surface area contributed by atoms with Gasteiger partial charge in [0.2, 0.25) is 0 Å². The van der Waals surface area contributed by atoms with E-state index in [0.717, 1.165) is 19.9 Å². The van der Waals surface area contributed by atoms with Crippen LogP contribution in [0.5, 0.6) is 0 Å². The molecule has 0 bridgehead atoms. The third-order valence-electron chi connectivity index (χ3n) is 2.25. The molecule has 2 heterocycles. The van der Waals surface area contributed by atoms with E-state index < -0.39 is 0 Å². The monoisotopic (exact) mass is 341 g/mol.